The van der Waals surface area contributed by atoms with Crippen LogP contribution in [-0.2, 0) is 9.47 Å². The van der Waals surface area contributed by atoms with Crippen molar-refractivity contribution in [2.75, 3.05) is 13.2 Å². The predicted octanol–water partition coefficient (Wildman–Crippen LogP) is 7.21. The molecule has 0 unspecified atom stereocenters. The summed E-state index contributed by atoms with van der Waals surface area (Å²) in [5.41, 5.74) is 0.579. The number of carbonyl (C=O) groups excluding carboxylic acids is 2. The lowest BCUT2D eigenvalue weighted by atomic mass is 10.0. The largest absolute Gasteiger partial charge is 0.462 e. The van der Waals surface area contributed by atoms with Gasteiger partial charge >= 0.3 is 11.9 Å². The van der Waals surface area contributed by atoms with Gasteiger partial charge in [-0.2, -0.15) is 0 Å². The topological polar surface area (TPSA) is 52.6 Å². The van der Waals surface area contributed by atoms with Crippen LogP contribution in [0.4, 0.5) is 0 Å². The monoisotopic (exact) mass is 418 g/mol. The zero-order valence-corrected chi connectivity index (χ0v) is 19.6. The molecule has 1 aromatic carbocycles. The maximum atomic E-state index is 12.4. The van der Waals surface area contributed by atoms with Crippen LogP contribution in [0, 0.1) is 11.8 Å². The molecular formula is C26H42O4. The smallest absolute Gasteiger partial charge is 0.339 e. The average molecular weight is 419 g/mol. The van der Waals surface area contributed by atoms with Crippen molar-refractivity contribution < 1.29 is 19.1 Å². The summed E-state index contributed by atoms with van der Waals surface area (Å²) < 4.78 is 10.8. The minimum atomic E-state index is -0.450. The van der Waals surface area contributed by atoms with Crippen LogP contribution in [0.1, 0.15) is 113 Å². The van der Waals surface area contributed by atoms with Gasteiger partial charge in [0.2, 0.25) is 0 Å². The first-order chi connectivity index (χ1) is 14.4. The van der Waals surface area contributed by atoms with E-state index in [0.29, 0.717) is 24.7 Å². The number of rotatable bonds is 16. The van der Waals surface area contributed by atoms with Crippen LogP contribution < -0.4 is 0 Å². The highest BCUT2D eigenvalue weighted by Gasteiger charge is 2.18. The van der Waals surface area contributed by atoms with Gasteiger partial charge in [-0.05, 0) is 43.2 Å². The van der Waals surface area contributed by atoms with E-state index in [9.17, 15) is 9.59 Å². The van der Waals surface area contributed by atoms with Crippen molar-refractivity contribution in [2.24, 2.45) is 11.8 Å². The van der Waals surface area contributed by atoms with Crippen molar-refractivity contribution in [1.29, 1.82) is 0 Å². The van der Waals surface area contributed by atoms with Crippen LogP contribution in [-0.4, -0.2) is 25.2 Å². The third-order valence-corrected chi connectivity index (χ3v) is 5.18. The number of unbranched alkanes of at least 4 members (excludes halogenated alkanes) is 6. The highest BCUT2D eigenvalue weighted by molar-refractivity contribution is 6.03. The van der Waals surface area contributed by atoms with E-state index in [2.05, 4.69) is 27.7 Å². The molecule has 0 aliphatic carbocycles. The van der Waals surface area contributed by atoms with Crippen LogP contribution >= 0.6 is 0 Å². The molecule has 0 fully saturated rings. The molecule has 0 N–H and O–H groups in total. The number of ether oxygens (including phenoxy) is 2. The predicted molar refractivity (Wildman–Crippen MR) is 123 cm³/mol. The summed E-state index contributed by atoms with van der Waals surface area (Å²) >= 11 is 0. The maximum Gasteiger partial charge on any atom is 0.339 e. The maximum absolute atomic E-state index is 12.4. The molecule has 0 amide bonds. The Morgan fingerprint density at radius 3 is 1.47 bits per heavy atom. The van der Waals surface area contributed by atoms with E-state index in [1.807, 2.05) is 0 Å². The summed E-state index contributed by atoms with van der Waals surface area (Å²) in [6.07, 6.45) is 11.2. The fraction of sp³-hybridized carbons (Fsp3) is 0.692. The first kappa shape index (κ1) is 26.2. The number of carbonyl (C=O) groups is 2. The Bertz CT molecular complexity index is 607. The van der Waals surface area contributed by atoms with Crippen molar-refractivity contribution in [3.05, 3.63) is 35.4 Å². The van der Waals surface area contributed by atoms with E-state index in [0.717, 1.165) is 38.0 Å². The third-order valence-electron chi connectivity index (χ3n) is 5.18. The molecule has 0 spiro atoms. The molecule has 0 aliphatic rings. The highest BCUT2D eigenvalue weighted by atomic mass is 16.5. The summed E-state index contributed by atoms with van der Waals surface area (Å²) in [5.74, 6) is 0.545. The molecule has 0 heterocycles. The van der Waals surface area contributed by atoms with E-state index >= 15 is 0 Å². The minimum absolute atomic E-state index is 0.288. The number of benzene rings is 1. The van der Waals surface area contributed by atoms with E-state index in [4.69, 9.17) is 9.47 Å². The Labute approximate surface area is 183 Å². The first-order valence-electron chi connectivity index (χ1n) is 11.8. The van der Waals surface area contributed by atoms with E-state index < -0.39 is 11.9 Å². The second-order valence-corrected chi connectivity index (χ2v) is 9.01. The molecule has 1 rings (SSSR count). The normalized spacial score (nSPS) is 11.1. The van der Waals surface area contributed by atoms with Crippen LogP contribution in [0.2, 0.25) is 0 Å². The van der Waals surface area contributed by atoms with Gasteiger partial charge < -0.3 is 9.47 Å². The van der Waals surface area contributed by atoms with Crippen LogP contribution in [0.3, 0.4) is 0 Å². The zero-order chi connectivity index (χ0) is 22.2. The fourth-order valence-electron chi connectivity index (χ4n) is 3.34. The van der Waals surface area contributed by atoms with E-state index in [-0.39, 0.29) is 5.56 Å². The van der Waals surface area contributed by atoms with Crippen molar-refractivity contribution in [1.82, 2.24) is 0 Å². The fourth-order valence-corrected chi connectivity index (χ4v) is 3.34. The summed E-state index contributed by atoms with van der Waals surface area (Å²) in [6, 6.07) is 6.75. The highest BCUT2D eigenvalue weighted by Crippen LogP contribution is 2.14. The van der Waals surface area contributed by atoms with Crippen molar-refractivity contribution >= 4 is 11.9 Å². The standard InChI is InChI=1S/C26H42O4/c1-21(2)15-9-7-5-6-8-13-19-29-25(27)23-17-10-11-18-24(23)26(28)30-20-14-12-16-22(3)4/h10-11,17-18,21-22H,5-9,12-16,19-20H2,1-4H3. The molecule has 0 aliphatic heterocycles. The van der Waals surface area contributed by atoms with Gasteiger partial charge in [0.15, 0.2) is 0 Å². The van der Waals surface area contributed by atoms with Crippen molar-refractivity contribution in [3.63, 3.8) is 0 Å². The molecule has 170 valence electrons. The number of hydrogen-bond donors (Lipinski definition) is 0. The van der Waals surface area contributed by atoms with Gasteiger partial charge in [-0.1, -0.05) is 84.8 Å². The molecule has 4 heteroatoms. The molecule has 0 saturated carbocycles. The quantitative estimate of drug-likeness (QED) is 0.210. The number of hydrogen-bond acceptors (Lipinski definition) is 4. The number of esters is 2. The van der Waals surface area contributed by atoms with Gasteiger partial charge in [0.05, 0.1) is 24.3 Å². The molecule has 0 atom stereocenters. The molecular weight excluding hydrogens is 376 g/mol. The lowest BCUT2D eigenvalue weighted by Gasteiger charge is -2.10. The summed E-state index contributed by atoms with van der Waals surface area (Å²) in [4.78, 5) is 24.8. The lowest BCUT2D eigenvalue weighted by Crippen LogP contribution is -2.15. The molecule has 0 bridgehead atoms. The Balaban J connectivity index is 2.30. The Hall–Kier alpha value is -1.84. The SMILES string of the molecule is CC(C)CCCCCCCCOC(=O)c1ccccc1C(=O)OCCCCC(C)C. The summed E-state index contributed by atoms with van der Waals surface area (Å²) in [7, 11) is 0. The Morgan fingerprint density at radius 1 is 0.633 bits per heavy atom. The minimum Gasteiger partial charge on any atom is -0.462 e. The van der Waals surface area contributed by atoms with Crippen LogP contribution in [0.5, 0.6) is 0 Å². The van der Waals surface area contributed by atoms with E-state index in [1.165, 1.54) is 32.1 Å². The second kappa shape index (κ2) is 15.9. The van der Waals surface area contributed by atoms with Gasteiger partial charge in [-0.25, -0.2) is 9.59 Å². The molecule has 30 heavy (non-hydrogen) atoms. The van der Waals surface area contributed by atoms with Crippen LogP contribution in [0.25, 0.3) is 0 Å². The van der Waals surface area contributed by atoms with Gasteiger partial charge in [0.25, 0.3) is 0 Å². The summed E-state index contributed by atoms with van der Waals surface area (Å²) in [5, 5.41) is 0. The second-order valence-electron chi connectivity index (χ2n) is 9.01. The lowest BCUT2D eigenvalue weighted by molar-refractivity contribution is 0.0450. The summed E-state index contributed by atoms with van der Waals surface area (Å²) in [6.45, 7) is 9.67. The van der Waals surface area contributed by atoms with E-state index in [1.54, 1.807) is 24.3 Å². The van der Waals surface area contributed by atoms with Crippen molar-refractivity contribution in [2.45, 2.75) is 91.9 Å². The Morgan fingerprint density at radius 2 is 1.00 bits per heavy atom. The molecule has 4 nitrogen and oxygen atoms in total. The molecule has 0 aromatic heterocycles. The molecule has 0 saturated heterocycles. The average Bonchev–Trinajstić information content (AvgIpc) is 2.71. The zero-order valence-electron chi connectivity index (χ0n) is 19.6. The van der Waals surface area contributed by atoms with Crippen molar-refractivity contribution in [3.8, 4) is 0 Å². The van der Waals surface area contributed by atoms with Gasteiger partial charge in [0.1, 0.15) is 0 Å². The van der Waals surface area contributed by atoms with Gasteiger partial charge in [-0.15, -0.1) is 0 Å². The molecule has 0 radical (unpaired) electrons. The Kier molecular flexibility index (Phi) is 13.9. The van der Waals surface area contributed by atoms with Gasteiger partial charge in [-0.3, -0.25) is 0 Å². The van der Waals surface area contributed by atoms with Gasteiger partial charge in [0, 0.05) is 0 Å². The van der Waals surface area contributed by atoms with Crippen LogP contribution in [0.15, 0.2) is 24.3 Å². The molecule has 1 aromatic rings. The third kappa shape index (κ3) is 12.0. The first-order valence-corrected chi connectivity index (χ1v) is 11.8.